The van der Waals surface area contributed by atoms with Crippen LogP contribution in [0.1, 0.15) is 43.0 Å². The predicted octanol–water partition coefficient (Wildman–Crippen LogP) is 4.01. The summed E-state index contributed by atoms with van der Waals surface area (Å²) in [4.78, 5) is 26.1. The molecular weight excluding hydrogens is 343 g/mol. The summed E-state index contributed by atoms with van der Waals surface area (Å²) in [5.74, 6) is -0.226. The summed E-state index contributed by atoms with van der Waals surface area (Å²) >= 11 is 0. The molecule has 142 valence electrons. The predicted molar refractivity (Wildman–Crippen MR) is 104 cm³/mol. The molecule has 0 aliphatic heterocycles. The van der Waals surface area contributed by atoms with Gasteiger partial charge in [-0.3, -0.25) is 9.59 Å². The van der Waals surface area contributed by atoms with Gasteiger partial charge < -0.3 is 10.2 Å². The van der Waals surface area contributed by atoms with Gasteiger partial charge in [-0.2, -0.15) is 0 Å². The van der Waals surface area contributed by atoms with Gasteiger partial charge in [0, 0.05) is 31.1 Å². The summed E-state index contributed by atoms with van der Waals surface area (Å²) in [6.07, 6.45) is 3.07. The number of benzene rings is 2. The van der Waals surface area contributed by atoms with E-state index >= 15 is 0 Å². The van der Waals surface area contributed by atoms with Crippen molar-refractivity contribution in [3.63, 3.8) is 0 Å². The molecule has 2 aromatic carbocycles. The Labute approximate surface area is 159 Å². The normalized spacial score (nSPS) is 18.9. The van der Waals surface area contributed by atoms with Crippen LogP contribution in [0.5, 0.6) is 0 Å². The summed E-state index contributed by atoms with van der Waals surface area (Å²) in [6.45, 7) is 1.84. The number of rotatable bonds is 5. The molecule has 0 aromatic heterocycles. The van der Waals surface area contributed by atoms with Crippen LogP contribution < -0.4 is 5.32 Å². The zero-order chi connectivity index (χ0) is 19.4. The Hall–Kier alpha value is -2.69. The molecule has 2 amide bonds. The monoisotopic (exact) mass is 368 g/mol. The van der Waals surface area contributed by atoms with E-state index in [-0.39, 0.29) is 29.7 Å². The lowest BCUT2D eigenvalue weighted by Crippen LogP contribution is -2.38. The third kappa shape index (κ3) is 4.54. The second kappa shape index (κ2) is 8.33. The highest BCUT2D eigenvalue weighted by Gasteiger charge is 2.30. The van der Waals surface area contributed by atoms with Gasteiger partial charge in [0.15, 0.2) is 0 Å². The third-order valence-electron chi connectivity index (χ3n) is 5.27. The van der Waals surface area contributed by atoms with Crippen molar-refractivity contribution in [3.05, 3.63) is 59.9 Å². The first-order chi connectivity index (χ1) is 13.0. The fourth-order valence-electron chi connectivity index (χ4n) is 3.59. The molecule has 3 rings (SSSR count). The van der Waals surface area contributed by atoms with Crippen molar-refractivity contribution in [1.82, 2.24) is 10.2 Å². The molecule has 1 N–H and O–H groups in total. The van der Waals surface area contributed by atoms with Crippen molar-refractivity contribution < 1.29 is 14.0 Å². The van der Waals surface area contributed by atoms with Crippen LogP contribution >= 0.6 is 0 Å². The number of hydrogen-bond acceptors (Lipinski definition) is 2. The van der Waals surface area contributed by atoms with Gasteiger partial charge in [-0.25, -0.2) is 4.39 Å². The van der Waals surface area contributed by atoms with E-state index in [0.29, 0.717) is 12.0 Å². The van der Waals surface area contributed by atoms with Crippen molar-refractivity contribution in [2.75, 3.05) is 7.05 Å². The molecule has 1 fully saturated rings. The Morgan fingerprint density at radius 1 is 1.04 bits per heavy atom. The van der Waals surface area contributed by atoms with Crippen LogP contribution in [-0.4, -0.2) is 35.8 Å². The Morgan fingerprint density at radius 2 is 1.63 bits per heavy atom. The Morgan fingerprint density at radius 3 is 2.22 bits per heavy atom. The Balaban J connectivity index is 1.63. The minimum absolute atomic E-state index is 0.0203. The van der Waals surface area contributed by atoms with E-state index in [0.717, 1.165) is 30.4 Å². The first-order valence-electron chi connectivity index (χ1n) is 9.40. The van der Waals surface area contributed by atoms with Crippen LogP contribution in [0, 0.1) is 5.82 Å². The molecule has 27 heavy (non-hydrogen) atoms. The number of nitrogens with zero attached hydrogens (tertiary/aromatic N) is 1. The minimum atomic E-state index is -0.267. The first kappa shape index (κ1) is 19.1. The Bertz CT molecular complexity index is 802. The summed E-state index contributed by atoms with van der Waals surface area (Å²) in [5, 5.41) is 3.02. The van der Waals surface area contributed by atoms with E-state index in [2.05, 4.69) is 5.32 Å². The molecule has 0 heterocycles. The highest BCUT2D eigenvalue weighted by Crippen LogP contribution is 2.26. The molecule has 2 aromatic rings. The zero-order valence-electron chi connectivity index (χ0n) is 15.7. The smallest absolute Gasteiger partial charge is 0.253 e. The maximum Gasteiger partial charge on any atom is 0.253 e. The molecule has 0 spiro atoms. The van der Waals surface area contributed by atoms with Gasteiger partial charge in [-0.05, 0) is 54.7 Å². The third-order valence-corrected chi connectivity index (χ3v) is 5.27. The van der Waals surface area contributed by atoms with Gasteiger partial charge in [0.25, 0.3) is 5.91 Å². The second-order valence-electron chi connectivity index (χ2n) is 7.09. The lowest BCUT2D eigenvalue weighted by atomic mass is 10.0. The second-order valence-corrected chi connectivity index (χ2v) is 7.09. The average molecular weight is 368 g/mol. The molecule has 1 aliphatic rings. The molecule has 1 saturated carbocycles. The van der Waals surface area contributed by atoms with E-state index < -0.39 is 0 Å². The van der Waals surface area contributed by atoms with Crippen molar-refractivity contribution in [2.24, 2.45) is 0 Å². The molecule has 0 bridgehead atoms. The van der Waals surface area contributed by atoms with E-state index in [4.69, 9.17) is 0 Å². The Kier molecular flexibility index (Phi) is 5.89. The van der Waals surface area contributed by atoms with Gasteiger partial charge >= 0.3 is 0 Å². The topological polar surface area (TPSA) is 49.4 Å². The molecule has 0 radical (unpaired) electrons. The van der Waals surface area contributed by atoms with Crippen molar-refractivity contribution >= 4 is 11.8 Å². The summed E-state index contributed by atoms with van der Waals surface area (Å²) in [5.41, 5.74) is 2.48. The molecule has 0 saturated heterocycles. The number of hydrogen-bond donors (Lipinski definition) is 1. The number of nitrogens with one attached hydrogen (secondary N) is 1. The van der Waals surface area contributed by atoms with Gasteiger partial charge in [-0.1, -0.05) is 31.2 Å². The lowest BCUT2D eigenvalue weighted by molar-refractivity contribution is -0.121. The van der Waals surface area contributed by atoms with Gasteiger partial charge in [-0.15, -0.1) is 0 Å². The fraction of sp³-hybridized carbons (Fsp3) is 0.364. The van der Waals surface area contributed by atoms with E-state index in [1.807, 2.05) is 38.2 Å². The van der Waals surface area contributed by atoms with Crippen molar-refractivity contribution in [1.29, 1.82) is 0 Å². The first-order valence-corrected chi connectivity index (χ1v) is 9.40. The number of amides is 2. The molecular formula is C22H25FN2O2. The largest absolute Gasteiger partial charge is 0.353 e. The fourth-order valence-corrected chi connectivity index (χ4v) is 3.59. The molecule has 2 atom stereocenters. The molecule has 0 unspecified atom stereocenters. The van der Waals surface area contributed by atoms with Crippen molar-refractivity contribution in [3.8, 4) is 11.1 Å². The maximum atomic E-state index is 13.1. The van der Waals surface area contributed by atoms with Crippen LogP contribution in [0.4, 0.5) is 4.39 Å². The number of carbonyl (C=O) groups is 2. The van der Waals surface area contributed by atoms with Gasteiger partial charge in [0.05, 0.1) is 0 Å². The quantitative estimate of drug-likeness (QED) is 0.867. The molecule has 4 nitrogen and oxygen atoms in total. The summed E-state index contributed by atoms with van der Waals surface area (Å²) in [6, 6.07) is 14.0. The maximum absolute atomic E-state index is 13.1. The van der Waals surface area contributed by atoms with Crippen LogP contribution in [0.2, 0.25) is 0 Å². The van der Waals surface area contributed by atoms with Crippen LogP contribution in [0.3, 0.4) is 0 Å². The lowest BCUT2D eigenvalue weighted by Gasteiger charge is -2.25. The highest BCUT2D eigenvalue weighted by atomic mass is 19.1. The summed E-state index contributed by atoms with van der Waals surface area (Å²) in [7, 11) is 1.82. The standard InChI is InChI=1S/C22H25FN2O2/c1-3-21(26)24-19-12-13-20(14-19)25(2)22(27)17-6-4-15(5-7-17)16-8-10-18(23)11-9-16/h4-11,19-20H,3,12-14H2,1-2H3,(H,24,26)/t19-,20+/m0/s1. The average Bonchev–Trinajstić information content (AvgIpc) is 3.16. The molecule has 5 heteroatoms. The highest BCUT2D eigenvalue weighted by molar-refractivity contribution is 5.94. The van der Waals surface area contributed by atoms with Crippen LogP contribution in [-0.2, 0) is 4.79 Å². The van der Waals surface area contributed by atoms with Gasteiger partial charge in [0.2, 0.25) is 5.91 Å². The number of carbonyl (C=O) groups excluding carboxylic acids is 2. The summed E-state index contributed by atoms with van der Waals surface area (Å²) < 4.78 is 13.1. The van der Waals surface area contributed by atoms with E-state index in [9.17, 15) is 14.0 Å². The minimum Gasteiger partial charge on any atom is -0.353 e. The van der Waals surface area contributed by atoms with Crippen molar-refractivity contribution in [2.45, 2.75) is 44.7 Å². The SMILES string of the molecule is CCC(=O)N[C@H]1CC[C@@H](N(C)C(=O)c2ccc(-c3ccc(F)cc3)cc2)C1. The molecule has 1 aliphatic carbocycles. The van der Waals surface area contributed by atoms with E-state index in [1.165, 1.54) is 12.1 Å². The van der Waals surface area contributed by atoms with Crippen LogP contribution in [0.25, 0.3) is 11.1 Å². The van der Waals surface area contributed by atoms with E-state index in [1.54, 1.807) is 17.0 Å². The number of halogens is 1. The van der Waals surface area contributed by atoms with Gasteiger partial charge in [0.1, 0.15) is 5.82 Å². The van der Waals surface area contributed by atoms with Crippen LogP contribution in [0.15, 0.2) is 48.5 Å². The zero-order valence-corrected chi connectivity index (χ0v) is 15.7.